The first-order valence-electron chi connectivity index (χ1n) is 8.42. The Morgan fingerprint density at radius 2 is 1.73 bits per heavy atom. The number of hydrogen-bond acceptors (Lipinski definition) is 4. The van der Waals surface area contributed by atoms with Crippen LogP contribution in [0.15, 0.2) is 29.2 Å². The molecule has 1 aromatic rings. The van der Waals surface area contributed by atoms with E-state index < -0.39 is 33.8 Å². The molecule has 1 fully saturated rings. The number of benzene rings is 1. The van der Waals surface area contributed by atoms with Crippen molar-refractivity contribution in [3.8, 4) is 0 Å². The second-order valence-corrected chi connectivity index (χ2v) is 8.64. The molecule has 1 aromatic carbocycles. The van der Waals surface area contributed by atoms with Gasteiger partial charge in [-0.05, 0) is 43.0 Å². The number of piperidine rings is 1. The Morgan fingerprint density at radius 3 is 2.19 bits per heavy atom. The van der Waals surface area contributed by atoms with Crippen LogP contribution < -0.4 is 5.32 Å². The zero-order valence-electron chi connectivity index (χ0n) is 14.7. The molecule has 2 N–H and O–H groups in total. The maximum atomic E-state index is 13.0. The Bertz CT molecular complexity index is 756. The minimum Gasteiger partial charge on any atom is -0.480 e. The number of halogens is 1. The van der Waals surface area contributed by atoms with E-state index in [1.54, 1.807) is 13.8 Å². The maximum absolute atomic E-state index is 13.0. The van der Waals surface area contributed by atoms with E-state index in [0.29, 0.717) is 12.8 Å². The lowest BCUT2D eigenvalue weighted by molar-refractivity contribution is -0.144. The topological polar surface area (TPSA) is 104 Å². The van der Waals surface area contributed by atoms with Crippen molar-refractivity contribution in [1.29, 1.82) is 0 Å². The van der Waals surface area contributed by atoms with Gasteiger partial charge >= 0.3 is 5.97 Å². The van der Waals surface area contributed by atoms with E-state index in [9.17, 15) is 22.4 Å². The smallest absolute Gasteiger partial charge is 0.326 e. The Labute approximate surface area is 152 Å². The number of nitrogens with one attached hydrogen (secondary N) is 1. The number of carboxylic acids is 1. The number of sulfonamides is 1. The molecule has 1 amide bonds. The van der Waals surface area contributed by atoms with Crippen LogP contribution in [0.4, 0.5) is 4.39 Å². The van der Waals surface area contributed by atoms with Crippen LogP contribution in [0.1, 0.15) is 26.7 Å². The number of carbonyl (C=O) groups excluding carboxylic acids is 1. The fourth-order valence-electron chi connectivity index (χ4n) is 2.90. The third-order valence-electron chi connectivity index (χ3n) is 4.51. The number of carboxylic acid groups (broad SMARTS) is 1. The predicted molar refractivity (Wildman–Crippen MR) is 92.3 cm³/mol. The van der Waals surface area contributed by atoms with Crippen LogP contribution in [0.3, 0.4) is 0 Å². The Kier molecular flexibility index (Phi) is 6.35. The van der Waals surface area contributed by atoms with Crippen LogP contribution in [-0.2, 0) is 19.6 Å². The van der Waals surface area contributed by atoms with Crippen LogP contribution >= 0.6 is 0 Å². The summed E-state index contributed by atoms with van der Waals surface area (Å²) < 4.78 is 39.4. The Balaban J connectivity index is 1.99. The normalized spacial score (nSPS) is 17.8. The van der Waals surface area contributed by atoms with Crippen LogP contribution in [0.5, 0.6) is 0 Å². The molecule has 0 saturated carbocycles. The van der Waals surface area contributed by atoms with Gasteiger partial charge in [-0.2, -0.15) is 4.31 Å². The lowest BCUT2D eigenvalue weighted by Gasteiger charge is -2.31. The summed E-state index contributed by atoms with van der Waals surface area (Å²) in [7, 11) is -3.74. The zero-order valence-corrected chi connectivity index (χ0v) is 15.5. The fraction of sp³-hybridized carbons (Fsp3) is 0.529. The molecule has 0 bridgehead atoms. The summed E-state index contributed by atoms with van der Waals surface area (Å²) in [6.45, 7) is 3.71. The zero-order chi connectivity index (χ0) is 19.5. The highest BCUT2D eigenvalue weighted by Gasteiger charge is 2.34. The molecule has 0 unspecified atom stereocenters. The fourth-order valence-corrected chi connectivity index (χ4v) is 4.37. The van der Waals surface area contributed by atoms with Gasteiger partial charge in [-0.1, -0.05) is 13.8 Å². The van der Waals surface area contributed by atoms with E-state index in [0.717, 1.165) is 12.1 Å². The van der Waals surface area contributed by atoms with Crippen molar-refractivity contribution in [2.24, 2.45) is 11.8 Å². The van der Waals surface area contributed by atoms with Gasteiger partial charge in [0.25, 0.3) is 0 Å². The van der Waals surface area contributed by atoms with Crippen molar-refractivity contribution in [3.05, 3.63) is 30.1 Å². The van der Waals surface area contributed by atoms with Gasteiger partial charge < -0.3 is 10.4 Å². The summed E-state index contributed by atoms with van der Waals surface area (Å²) in [6.07, 6.45) is 0.605. The summed E-state index contributed by atoms with van der Waals surface area (Å²) in [5.41, 5.74) is 0. The molecule has 1 atom stereocenters. The molecule has 1 aliphatic heterocycles. The number of aliphatic carboxylic acids is 1. The molecule has 144 valence electrons. The monoisotopic (exact) mass is 386 g/mol. The van der Waals surface area contributed by atoms with Gasteiger partial charge in [0.15, 0.2) is 0 Å². The first-order valence-corrected chi connectivity index (χ1v) is 9.86. The molecule has 26 heavy (non-hydrogen) atoms. The van der Waals surface area contributed by atoms with Gasteiger partial charge in [0.2, 0.25) is 15.9 Å². The molecule has 1 aliphatic rings. The predicted octanol–water partition coefficient (Wildman–Crippen LogP) is 1.45. The molecule has 1 saturated heterocycles. The van der Waals surface area contributed by atoms with Crippen LogP contribution in [0.25, 0.3) is 0 Å². The second kappa shape index (κ2) is 8.13. The molecular weight excluding hydrogens is 363 g/mol. The quantitative estimate of drug-likeness (QED) is 0.770. The van der Waals surface area contributed by atoms with Crippen molar-refractivity contribution < 1.29 is 27.5 Å². The maximum Gasteiger partial charge on any atom is 0.326 e. The van der Waals surface area contributed by atoms with Crippen LogP contribution in [0, 0.1) is 17.7 Å². The number of nitrogens with zero attached hydrogens (tertiary/aromatic N) is 1. The Morgan fingerprint density at radius 1 is 1.19 bits per heavy atom. The lowest BCUT2D eigenvalue weighted by atomic mass is 9.95. The molecular formula is C17H23FN2O5S. The van der Waals surface area contributed by atoms with Gasteiger partial charge in [0.05, 0.1) is 4.90 Å². The van der Waals surface area contributed by atoms with Crippen molar-refractivity contribution in [1.82, 2.24) is 9.62 Å². The summed E-state index contributed by atoms with van der Waals surface area (Å²) in [4.78, 5) is 23.5. The van der Waals surface area contributed by atoms with E-state index in [1.165, 1.54) is 16.4 Å². The molecule has 2 rings (SSSR count). The number of carbonyl (C=O) groups is 2. The van der Waals surface area contributed by atoms with E-state index >= 15 is 0 Å². The Hall–Kier alpha value is -2.00. The molecule has 9 heteroatoms. The lowest BCUT2D eigenvalue weighted by Crippen LogP contribution is -2.49. The highest BCUT2D eigenvalue weighted by molar-refractivity contribution is 7.89. The standard InChI is InChI=1S/C17H23FN2O5S/c1-11(2)15(17(22)23)19-16(21)12-7-9-20(10-8-12)26(24,25)14-5-3-13(18)4-6-14/h3-6,11-12,15H,7-10H2,1-2H3,(H,19,21)(H,22,23)/t15-/m0/s1. The molecule has 1 heterocycles. The van der Waals surface area contributed by atoms with E-state index in [2.05, 4.69) is 5.32 Å². The van der Waals surface area contributed by atoms with Crippen molar-refractivity contribution >= 4 is 21.9 Å². The number of amides is 1. The summed E-state index contributed by atoms with van der Waals surface area (Å²) in [5, 5.41) is 11.7. The third kappa shape index (κ3) is 4.59. The highest BCUT2D eigenvalue weighted by atomic mass is 32.2. The van der Waals surface area contributed by atoms with E-state index in [4.69, 9.17) is 5.11 Å². The minimum atomic E-state index is -3.74. The molecule has 0 aromatic heterocycles. The summed E-state index contributed by atoms with van der Waals surface area (Å²) in [5.74, 6) is -2.67. The van der Waals surface area contributed by atoms with Gasteiger partial charge in [-0.3, -0.25) is 4.79 Å². The largest absolute Gasteiger partial charge is 0.480 e. The first-order chi connectivity index (χ1) is 12.1. The minimum absolute atomic E-state index is 0.00699. The van der Waals surface area contributed by atoms with Crippen molar-refractivity contribution in [2.45, 2.75) is 37.6 Å². The van der Waals surface area contributed by atoms with Gasteiger partial charge in [-0.25, -0.2) is 17.6 Å². The molecule has 7 nitrogen and oxygen atoms in total. The average Bonchev–Trinajstić information content (AvgIpc) is 2.59. The van der Waals surface area contributed by atoms with E-state index in [-0.39, 0.29) is 29.8 Å². The van der Waals surface area contributed by atoms with Crippen LogP contribution in [0.2, 0.25) is 0 Å². The first kappa shape index (κ1) is 20.3. The number of rotatable bonds is 6. The van der Waals surface area contributed by atoms with E-state index in [1.807, 2.05) is 0 Å². The second-order valence-electron chi connectivity index (χ2n) is 6.70. The molecule has 0 radical (unpaired) electrons. The van der Waals surface area contributed by atoms with Crippen LogP contribution in [-0.4, -0.2) is 48.8 Å². The third-order valence-corrected chi connectivity index (χ3v) is 6.42. The average molecular weight is 386 g/mol. The SMILES string of the molecule is CC(C)[C@H](NC(=O)C1CCN(S(=O)(=O)c2ccc(F)cc2)CC1)C(=O)O. The number of hydrogen-bond donors (Lipinski definition) is 2. The molecule has 0 spiro atoms. The van der Waals surface area contributed by atoms with Crippen molar-refractivity contribution in [3.63, 3.8) is 0 Å². The summed E-state index contributed by atoms with van der Waals surface area (Å²) in [6, 6.07) is 3.63. The molecule has 0 aliphatic carbocycles. The van der Waals surface area contributed by atoms with Gasteiger partial charge in [0, 0.05) is 19.0 Å². The van der Waals surface area contributed by atoms with Crippen molar-refractivity contribution in [2.75, 3.05) is 13.1 Å². The summed E-state index contributed by atoms with van der Waals surface area (Å²) >= 11 is 0. The highest BCUT2D eigenvalue weighted by Crippen LogP contribution is 2.24. The van der Waals surface area contributed by atoms with Gasteiger partial charge in [0.1, 0.15) is 11.9 Å². The van der Waals surface area contributed by atoms with Gasteiger partial charge in [-0.15, -0.1) is 0 Å².